The smallest absolute Gasteiger partial charge is 0.342 e. The first-order valence-electron chi connectivity index (χ1n) is 8.60. The number of carbonyl (C=O) groups is 2. The van der Waals surface area contributed by atoms with E-state index in [2.05, 4.69) is 5.10 Å². The van der Waals surface area contributed by atoms with E-state index in [1.54, 1.807) is 18.5 Å². The van der Waals surface area contributed by atoms with Crippen LogP contribution in [0, 0.1) is 25.5 Å². The Kier molecular flexibility index (Phi) is 5.63. The molecule has 0 unspecified atom stereocenters. The van der Waals surface area contributed by atoms with Crippen molar-refractivity contribution in [1.29, 1.82) is 0 Å². The SMILES string of the molecule is Cc1nn(Cc2ccccc2)c(C)c1C(=O)OCC(=O)c1cc(F)ccc1F. The maximum Gasteiger partial charge on any atom is 0.342 e. The summed E-state index contributed by atoms with van der Waals surface area (Å²) in [4.78, 5) is 24.5. The van der Waals surface area contributed by atoms with Crippen molar-refractivity contribution in [2.24, 2.45) is 0 Å². The zero-order valence-electron chi connectivity index (χ0n) is 15.4. The number of halogens is 2. The van der Waals surface area contributed by atoms with Gasteiger partial charge in [-0.25, -0.2) is 13.6 Å². The molecule has 144 valence electrons. The average Bonchev–Trinajstić information content (AvgIpc) is 2.95. The number of carbonyl (C=O) groups excluding carboxylic acids is 2. The van der Waals surface area contributed by atoms with Crippen LogP contribution in [-0.4, -0.2) is 28.1 Å². The summed E-state index contributed by atoms with van der Waals surface area (Å²) in [5, 5.41) is 4.36. The maximum atomic E-state index is 13.7. The largest absolute Gasteiger partial charge is 0.454 e. The Morgan fingerprint density at radius 2 is 1.79 bits per heavy atom. The van der Waals surface area contributed by atoms with Crippen molar-refractivity contribution in [2.45, 2.75) is 20.4 Å². The molecule has 1 heterocycles. The number of hydrogen-bond acceptors (Lipinski definition) is 4. The third kappa shape index (κ3) is 4.14. The minimum atomic E-state index is -0.870. The van der Waals surface area contributed by atoms with Crippen LogP contribution in [0.2, 0.25) is 0 Å². The minimum absolute atomic E-state index is 0.253. The average molecular weight is 384 g/mol. The van der Waals surface area contributed by atoms with Gasteiger partial charge in [-0.05, 0) is 37.6 Å². The molecule has 0 N–H and O–H groups in total. The fraction of sp³-hybridized carbons (Fsp3) is 0.190. The molecule has 0 amide bonds. The fourth-order valence-corrected chi connectivity index (χ4v) is 2.89. The van der Waals surface area contributed by atoms with Gasteiger partial charge in [0.2, 0.25) is 5.78 Å². The second-order valence-corrected chi connectivity index (χ2v) is 6.31. The standard InChI is InChI=1S/C21H18F2N2O3/c1-13-20(14(2)25(24-13)11-15-6-4-3-5-7-15)21(27)28-12-19(26)17-10-16(22)8-9-18(17)23/h3-10H,11-12H2,1-2H3. The molecule has 7 heteroatoms. The van der Waals surface area contributed by atoms with Gasteiger partial charge in [0.25, 0.3) is 0 Å². The van der Waals surface area contributed by atoms with Crippen molar-refractivity contribution in [3.05, 3.63) is 88.2 Å². The third-order valence-electron chi connectivity index (χ3n) is 4.32. The van der Waals surface area contributed by atoms with Gasteiger partial charge in [0.1, 0.15) is 17.2 Å². The fourth-order valence-electron chi connectivity index (χ4n) is 2.89. The Morgan fingerprint density at radius 1 is 1.07 bits per heavy atom. The highest BCUT2D eigenvalue weighted by Gasteiger charge is 2.22. The van der Waals surface area contributed by atoms with Crippen LogP contribution in [0.15, 0.2) is 48.5 Å². The van der Waals surface area contributed by atoms with Crippen LogP contribution in [0.4, 0.5) is 8.78 Å². The molecule has 0 spiro atoms. The van der Waals surface area contributed by atoms with Gasteiger partial charge in [-0.2, -0.15) is 5.10 Å². The quantitative estimate of drug-likeness (QED) is 0.478. The molecule has 0 aliphatic heterocycles. The Hall–Kier alpha value is -3.35. The van der Waals surface area contributed by atoms with Crippen LogP contribution in [0.5, 0.6) is 0 Å². The van der Waals surface area contributed by atoms with Crippen molar-refractivity contribution in [1.82, 2.24) is 9.78 Å². The van der Waals surface area contributed by atoms with E-state index >= 15 is 0 Å². The molecule has 0 bridgehead atoms. The van der Waals surface area contributed by atoms with E-state index in [0.29, 0.717) is 17.9 Å². The Bertz CT molecular complexity index is 1030. The van der Waals surface area contributed by atoms with Crippen LogP contribution < -0.4 is 0 Å². The monoisotopic (exact) mass is 384 g/mol. The van der Waals surface area contributed by atoms with Gasteiger partial charge in [0.05, 0.1) is 23.5 Å². The zero-order valence-corrected chi connectivity index (χ0v) is 15.4. The highest BCUT2D eigenvalue weighted by Crippen LogP contribution is 2.17. The summed E-state index contributed by atoms with van der Waals surface area (Å²) in [5.41, 5.74) is 1.87. The molecule has 0 atom stereocenters. The number of aromatic nitrogens is 2. The highest BCUT2D eigenvalue weighted by atomic mass is 19.1. The number of Topliss-reactive ketones (excluding diaryl/α,β-unsaturated/α-hetero) is 1. The molecule has 0 aliphatic carbocycles. The first kappa shape index (κ1) is 19.4. The van der Waals surface area contributed by atoms with Crippen molar-refractivity contribution in [3.8, 4) is 0 Å². The van der Waals surface area contributed by atoms with E-state index in [9.17, 15) is 18.4 Å². The first-order valence-corrected chi connectivity index (χ1v) is 8.60. The molecule has 0 radical (unpaired) electrons. The number of benzene rings is 2. The number of ether oxygens (including phenoxy) is 1. The van der Waals surface area contributed by atoms with E-state index in [1.165, 1.54) is 0 Å². The molecule has 3 aromatic rings. The second-order valence-electron chi connectivity index (χ2n) is 6.31. The van der Waals surface area contributed by atoms with Gasteiger partial charge in [0, 0.05) is 0 Å². The number of nitrogens with zero attached hydrogens (tertiary/aromatic N) is 2. The summed E-state index contributed by atoms with van der Waals surface area (Å²) >= 11 is 0. The minimum Gasteiger partial charge on any atom is -0.454 e. The lowest BCUT2D eigenvalue weighted by Crippen LogP contribution is -2.16. The van der Waals surface area contributed by atoms with E-state index in [-0.39, 0.29) is 5.56 Å². The Labute approximate surface area is 160 Å². The molecule has 0 aliphatic rings. The number of esters is 1. The Morgan fingerprint density at radius 3 is 2.50 bits per heavy atom. The molecular weight excluding hydrogens is 366 g/mol. The molecule has 0 saturated heterocycles. The van der Waals surface area contributed by atoms with Crippen LogP contribution in [-0.2, 0) is 11.3 Å². The Balaban J connectivity index is 1.72. The number of aryl methyl sites for hydroxylation is 1. The van der Waals surface area contributed by atoms with Gasteiger partial charge in [-0.3, -0.25) is 9.48 Å². The third-order valence-corrected chi connectivity index (χ3v) is 4.32. The second kappa shape index (κ2) is 8.12. The predicted molar refractivity (Wildman–Crippen MR) is 98.2 cm³/mol. The van der Waals surface area contributed by atoms with E-state index in [0.717, 1.165) is 23.8 Å². The number of rotatable bonds is 6. The topological polar surface area (TPSA) is 61.2 Å². The van der Waals surface area contributed by atoms with Gasteiger partial charge in [-0.15, -0.1) is 0 Å². The van der Waals surface area contributed by atoms with Gasteiger partial charge in [-0.1, -0.05) is 30.3 Å². The maximum absolute atomic E-state index is 13.7. The van der Waals surface area contributed by atoms with Gasteiger partial charge >= 0.3 is 5.97 Å². The summed E-state index contributed by atoms with van der Waals surface area (Å²) in [5.74, 6) is -3.17. The molecule has 1 aromatic heterocycles. The van der Waals surface area contributed by atoms with E-state index < -0.39 is 35.6 Å². The zero-order chi connectivity index (χ0) is 20.3. The van der Waals surface area contributed by atoms with E-state index in [1.807, 2.05) is 30.3 Å². The van der Waals surface area contributed by atoms with Crippen LogP contribution in [0.1, 0.15) is 37.7 Å². The molecule has 0 fully saturated rings. The summed E-state index contributed by atoms with van der Waals surface area (Å²) in [6.07, 6.45) is 0. The molecule has 5 nitrogen and oxygen atoms in total. The van der Waals surface area contributed by atoms with Gasteiger partial charge < -0.3 is 4.74 Å². The summed E-state index contributed by atoms with van der Waals surface area (Å²) in [6, 6.07) is 12.2. The summed E-state index contributed by atoms with van der Waals surface area (Å²) < 4.78 is 33.6. The van der Waals surface area contributed by atoms with Crippen molar-refractivity contribution in [2.75, 3.05) is 6.61 Å². The summed E-state index contributed by atoms with van der Waals surface area (Å²) in [7, 11) is 0. The van der Waals surface area contributed by atoms with Crippen molar-refractivity contribution >= 4 is 11.8 Å². The normalized spacial score (nSPS) is 10.7. The molecule has 0 saturated carbocycles. The lowest BCUT2D eigenvalue weighted by molar-refractivity contribution is 0.0472. The summed E-state index contributed by atoms with van der Waals surface area (Å²) in [6.45, 7) is 3.18. The van der Waals surface area contributed by atoms with Crippen LogP contribution >= 0.6 is 0 Å². The molecular formula is C21H18F2N2O3. The first-order chi connectivity index (χ1) is 13.4. The van der Waals surface area contributed by atoms with Gasteiger partial charge in [0.15, 0.2) is 6.61 Å². The van der Waals surface area contributed by atoms with Crippen molar-refractivity contribution < 1.29 is 23.1 Å². The highest BCUT2D eigenvalue weighted by molar-refractivity contribution is 6.00. The van der Waals surface area contributed by atoms with Crippen molar-refractivity contribution in [3.63, 3.8) is 0 Å². The van der Waals surface area contributed by atoms with Crippen LogP contribution in [0.25, 0.3) is 0 Å². The van der Waals surface area contributed by atoms with E-state index in [4.69, 9.17) is 4.74 Å². The number of ketones is 1. The lowest BCUT2D eigenvalue weighted by atomic mass is 10.1. The number of hydrogen-bond donors (Lipinski definition) is 0. The molecule has 28 heavy (non-hydrogen) atoms. The predicted octanol–water partition coefficient (Wildman–Crippen LogP) is 3.87. The lowest BCUT2D eigenvalue weighted by Gasteiger charge is -2.07. The molecule has 2 aromatic carbocycles. The molecule has 3 rings (SSSR count). The van der Waals surface area contributed by atoms with Crippen LogP contribution in [0.3, 0.4) is 0 Å².